The van der Waals surface area contributed by atoms with Gasteiger partial charge in [0.2, 0.25) is 0 Å². The predicted octanol–water partition coefficient (Wildman–Crippen LogP) is 1.57. The third kappa shape index (κ3) is 7.58. The smallest absolute Gasteiger partial charge is 0.335 e. The molecule has 35 heavy (non-hydrogen) atoms. The van der Waals surface area contributed by atoms with E-state index in [2.05, 4.69) is 64.8 Å². The Kier molecular flexibility index (Phi) is 10.2. The topological polar surface area (TPSA) is 140 Å². The van der Waals surface area contributed by atoms with Gasteiger partial charge in [-0.15, -0.1) is 0 Å². The number of carboxylic acids is 2. The van der Waals surface area contributed by atoms with E-state index in [1.54, 1.807) is 0 Å². The highest BCUT2D eigenvalue weighted by atomic mass is 16.5. The largest absolute Gasteiger partial charge is 0.479 e. The van der Waals surface area contributed by atoms with Crippen molar-refractivity contribution >= 4 is 11.9 Å². The van der Waals surface area contributed by atoms with Gasteiger partial charge in [0.25, 0.3) is 0 Å². The summed E-state index contributed by atoms with van der Waals surface area (Å²) in [5, 5.41) is 36.1. The van der Waals surface area contributed by atoms with Gasteiger partial charge in [-0.05, 0) is 42.5 Å². The summed E-state index contributed by atoms with van der Waals surface area (Å²) < 4.78 is 5.61. The van der Waals surface area contributed by atoms with Gasteiger partial charge in [0, 0.05) is 38.4 Å². The van der Waals surface area contributed by atoms with E-state index >= 15 is 0 Å². The SMILES string of the molecule is O=C(O)[C@H](O)[C@@H](O)C(=O)O.c1ccc(-c2ccccc2CN(C2CCOCC2)[C@H]2CCNC2)cc1. The van der Waals surface area contributed by atoms with Crippen molar-refractivity contribution in [3.05, 3.63) is 60.2 Å². The number of nitrogens with one attached hydrogen (secondary N) is 1. The number of aliphatic carboxylic acids is 2. The van der Waals surface area contributed by atoms with Crippen LogP contribution in [0.4, 0.5) is 0 Å². The molecule has 0 aliphatic carbocycles. The Hall–Kier alpha value is -2.82. The Morgan fingerprint density at radius 3 is 2.06 bits per heavy atom. The van der Waals surface area contributed by atoms with Gasteiger partial charge in [0.05, 0.1) is 0 Å². The van der Waals surface area contributed by atoms with E-state index in [1.807, 2.05) is 0 Å². The zero-order chi connectivity index (χ0) is 25.2. The molecule has 2 aliphatic rings. The predicted molar refractivity (Wildman–Crippen MR) is 130 cm³/mol. The van der Waals surface area contributed by atoms with Gasteiger partial charge in [0.15, 0.2) is 12.2 Å². The van der Waals surface area contributed by atoms with Gasteiger partial charge >= 0.3 is 11.9 Å². The average Bonchev–Trinajstić information content (AvgIpc) is 3.42. The van der Waals surface area contributed by atoms with E-state index in [1.165, 1.54) is 23.1 Å². The molecule has 5 N–H and O–H groups in total. The van der Waals surface area contributed by atoms with Crippen LogP contribution in [-0.2, 0) is 20.9 Å². The lowest BCUT2D eigenvalue weighted by Crippen LogP contribution is -2.46. The summed E-state index contributed by atoms with van der Waals surface area (Å²) in [5.41, 5.74) is 4.12. The number of benzene rings is 2. The summed E-state index contributed by atoms with van der Waals surface area (Å²) in [5.74, 6) is -3.54. The molecule has 0 unspecified atom stereocenters. The molecule has 4 rings (SSSR count). The fourth-order valence-electron chi connectivity index (χ4n) is 4.52. The third-order valence-electron chi connectivity index (χ3n) is 6.42. The van der Waals surface area contributed by atoms with Crippen LogP contribution in [0.2, 0.25) is 0 Å². The van der Waals surface area contributed by atoms with E-state index in [0.717, 1.165) is 45.7 Å². The Bertz CT molecular complexity index is 926. The minimum atomic E-state index is -2.27. The number of hydrogen-bond acceptors (Lipinski definition) is 7. The molecule has 2 heterocycles. The van der Waals surface area contributed by atoms with E-state index in [4.69, 9.17) is 25.2 Å². The molecule has 9 nitrogen and oxygen atoms in total. The number of hydrogen-bond donors (Lipinski definition) is 5. The van der Waals surface area contributed by atoms with Gasteiger partial charge in [-0.3, -0.25) is 4.90 Å². The van der Waals surface area contributed by atoms with Crippen LogP contribution in [0.3, 0.4) is 0 Å². The number of aliphatic hydroxyl groups excluding tert-OH is 2. The maximum absolute atomic E-state index is 9.77. The highest BCUT2D eigenvalue weighted by Crippen LogP contribution is 2.28. The second-order valence-electron chi connectivity index (χ2n) is 8.75. The van der Waals surface area contributed by atoms with Crippen molar-refractivity contribution in [2.24, 2.45) is 0 Å². The lowest BCUT2D eigenvalue weighted by molar-refractivity contribution is -0.165. The summed E-state index contributed by atoms with van der Waals surface area (Å²) >= 11 is 0. The van der Waals surface area contributed by atoms with E-state index in [9.17, 15) is 9.59 Å². The molecular weight excluding hydrogens is 452 g/mol. The molecule has 2 aliphatic heterocycles. The molecule has 3 atom stereocenters. The number of carboxylic acid groups (broad SMARTS) is 2. The first-order valence-corrected chi connectivity index (χ1v) is 11.9. The van der Waals surface area contributed by atoms with Crippen molar-refractivity contribution in [2.45, 2.75) is 50.1 Å². The van der Waals surface area contributed by atoms with Crippen molar-refractivity contribution < 1.29 is 34.8 Å². The second kappa shape index (κ2) is 13.3. The molecule has 0 bridgehead atoms. The number of aliphatic hydroxyl groups is 2. The lowest BCUT2D eigenvalue weighted by atomic mass is 9.97. The Morgan fingerprint density at radius 1 is 0.886 bits per heavy atom. The Morgan fingerprint density at radius 2 is 1.49 bits per heavy atom. The molecule has 0 saturated carbocycles. The molecule has 2 saturated heterocycles. The Labute approximate surface area is 205 Å². The van der Waals surface area contributed by atoms with Crippen LogP contribution < -0.4 is 5.32 Å². The van der Waals surface area contributed by atoms with Crippen molar-refractivity contribution in [1.82, 2.24) is 10.2 Å². The first kappa shape index (κ1) is 26.8. The Balaban J connectivity index is 0.000000292. The van der Waals surface area contributed by atoms with Crippen LogP contribution in [0.25, 0.3) is 11.1 Å². The number of rotatable bonds is 8. The first-order chi connectivity index (χ1) is 16.9. The number of carbonyl (C=O) groups is 2. The maximum Gasteiger partial charge on any atom is 0.335 e. The average molecular weight is 487 g/mol. The van der Waals surface area contributed by atoms with Crippen molar-refractivity contribution in [2.75, 3.05) is 26.3 Å². The number of ether oxygens (including phenoxy) is 1. The summed E-state index contributed by atoms with van der Waals surface area (Å²) in [7, 11) is 0. The van der Waals surface area contributed by atoms with E-state index < -0.39 is 24.1 Å². The summed E-state index contributed by atoms with van der Waals surface area (Å²) in [6.07, 6.45) is -0.964. The first-order valence-electron chi connectivity index (χ1n) is 11.9. The normalized spacial score (nSPS) is 20.0. The monoisotopic (exact) mass is 486 g/mol. The van der Waals surface area contributed by atoms with Gasteiger partial charge in [0.1, 0.15) is 0 Å². The van der Waals surface area contributed by atoms with Crippen LogP contribution in [0.15, 0.2) is 54.6 Å². The van der Waals surface area contributed by atoms with Gasteiger partial charge in [-0.25, -0.2) is 9.59 Å². The van der Waals surface area contributed by atoms with E-state index in [0.29, 0.717) is 12.1 Å². The van der Waals surface area contributed by atoms with Gasteiger partial charge in [-0.2, -0.15) is 0 Å². The van der Waals surface area contributed by atoms with Crippen LogP contribution in [0.5, 0.6) is 0 Å². The number of nitrogens with zero attached hydrogens (tertiary/aromatic N) is 1. The molecule has 0 amide bonds. The van der Waals surface area contributed by atoms with Crippen LogP contribution >= 0.6 is 0 Å². The molecule has 190 valence electrons. The second-order valence-corrected chi connectivity index (χ2v) is 8.75. The summed E-state index contributed by atoms with van der Waals surface area (Å²) in [6, 6.07) is 21.0. The minimum Gasteiger partial charge on any atom is -0.479 e. The van der Waals surface area contributed by atoms with Crippen LogP contribution in [0.1, 0.15) is 24.8 Å². The molecule has 0 aromatic heterocycles. The van der Waals surface area contributed by atoms with Crippen molar-refractivity contribution in [3.8, 4) is 11.1 Å². The molecule has 2 aromatic rings. The molecule has 2 aromatic carbocycles. The standard InChI is InChI=1S/C22H28N2O.C4H6O6/c1-2-6-18(7-3-1)22-9-5-4-8-19(22)17-24(21-10-13-23-16-21)20-11-14-25-15-12-20;5-1(3(7)8)2(6)4(9)10/h1-9,20-21,23H,10-17H2;1-2,5-6H,(H,7,8)(H,9,10)/t21-;1-,2-/m01/s1. The van der Waals surface area contributed by atoms with Gasteiger partial charge in [-0.1, -0.05) is 54.6 Å². The minimum absolute atomic E-state index is 0.641. The summed E-state index contributed by atoms with van der Waals surface area (Å²) in [6.45, 7) is 5.10. The van der Waals surface area contributed by atoms with Gasteiger partial charge < -0.3 is 30.5 Å². The van der Waals surface area contributed by atoms with Crippen LogP contribution in [0, 0.1) is 0 Å². The lowest BCUT2D eigenvalue weighted by Gasteiger charge is -2.38. The summed E-state index contributed by atoms with van der Waals surface area (Å²) in [4.78, 5) is 22.3. The van der Waals surface area contributed by atoms with Crippen molar-refractivity contribution in [3.63, 3.8) is 0 Å². The fraction of sp³-hybridized carbons (Fsp3) is 0.462. The quantitative estimate of drug-likeness (QED) is 0.376. The van der Waals surface area contributed by atoms with Crippen molar-refractivity contribution in [1.29, 1.82) is 0 Å². The van der Waals surface area contributed by atoms with E-state index in [-0.39, 0.29) is 0 Å². The fourth-order valence-corrected chi connectivity index (χ4v) is 4.52. The maximum atomic E-state index is 9.77. The third-order valence-corrected chi connectivity index (χ3v) is 6.42. The highest BCUT2D eigenvalue weighted by molar-refractivity contribution is 5.83. The van der Waals surface area contributed by atoms with Crippen LogP contribution in [-0.4, -0.2) is 87.9 Å². The molecule has 0 spiro atoms. The molecule has 0 radical (unpaired) electrons. The highest BCUT2D eigenvalue weighted by Gasteiger charge is 2.31. The zero-order valence-corrected chi connectivity index (χ0v) is 19.6. The molecule has 2 fully saturated rings. The molecule has 9 heteroatoms. The molecular formula is C26H34N2O7. The zero-order valence-electron chi connectivity index (χ0n) is 19.6.